The molecule has 0 aliphatic carbocycles. The summed E-state index contributed by atoms with van der Waals surface area (Å²) in [6, 6.07) is 13.3. The average Bonchev–Trinajstić information content (AvgIpc) is 2.77. The van der Waals surface area contributed by atoms with Gasteiger partial charge in [0.2, 0.25) is 0 Å². The molecular weight excluding hydrogens is 420 g/mol. The summed E-state index contributed by atoms with van der Waals surface area (Å²) < 4.78 is 31.7. The second-order valence-electron chi connectivity index (χ2n) is 6.85. The number of carbonyl (C=O) groups excluding carboxylic acids is 3. The van der Waals surface area contributed by atoms with Crippen molar-refractivity contribution in [2.75, 3.05) is 18.0 Å². The summed E-state index contributed by atoms with van der Waals surface area (Å²) >= 11 is 0. The van der Waals surface area contributed by atoms with Crippen molar-refractivity contribution in [1.82, 2.24) is 5.32 Å². The molecule has 9 heteroatoms. The van der Waals surface area contributed by atoms with Crippen molar-refractivity contribution in [3.05, 3.63) is 65.7 Å². The van der Waals surface area contributed by atoms with Crippen LogP contribution in [0.25, 0.3) is 0 Å². The molecule has 0 radical (unpaired) electrons. The van der Waals surface area contributed by atoms with Crippen molar-refractivity contribution in [1.29, 1.82) is 5.26 Å². The lowest BCUT2D eigenvalue weighted by molar-refractivity contribution is -0.154. The van der Waals surface area contributed by atoms with E-state index in [1.165, 1.54) is 11.8 Å². The quantitative estimate of drug-likeness (QED) is 0.448. The summed E-state index contributed by atoms with van der Waals surface area (Å²) in [5, 5.41) is 11.3. The van der Waals surface area contributed by atoms with Gasteiger partial charge in [-0.1, -0.05) is 18.2 Å². The molecule has 0 fully saturated rings. The van der Waals surface area contributed by atoms with Crippen molar-refractivity contribution >= 4 is 23.5 Å². The van der Waals surface area contributed by atoms with Gasteiger partial charge in [-0.05, 0) is 37.6 Å². The number of nitrogens with one attached hydrogen (secondary N) is 1. The Labute approximate surface area is 184 Å². The summed E-state index contributed by atoms with van der Waals surface area (Å²) in [5.74, 6) is -3.59. The lowest BCUT2D eigenvalue weighted by Crippen LogP contribution is -2.40. The Morgan fingerprint density at radius 1 is 1.16 bits per heavy atom. The summed E-state index contributed by atoms with van der Waals surface area (Å²) in [7, 11) is 0. The number of benzene rings is 2. The predicted octanol–water partition coefficient (Wildman–Crippen LogP) is 3.35. The van der Waals surface area contributed by atoms with E-state index in [0.717, 1.165) is 12.1 Å². The fourth-order valence-corrected chi connectivity index (χ4v) is 2.87. The maximum absolute atomic E-state index is 13.6. The summed E-state index contributed by atoms with van der Waals surface area (Å²) in [5.41, 5.74) is 0.290. The number of rotatable bonds is 10. The fourth-order valence-electron chi connectivity index (χ4n) is 2.87. The van der Waals surface area contributed by atoms with Gasteiger partial charge in [0, 0.05) is 31.3 Å². The molecule has 0 aliphatic heterocycles. The maximum atomic E-state index is 13.6. The highest BCUT2D eigenvalue weighted by atomic mass is 19.1. The van der Waals surface area contributed by atoms with Gasteiger partial charge in [0.1, 0.15) is 11.6 Å². The zero-order chi connectivity index (χ0) is 23.5. The zero-order valence-electron chi connectivity index (χ0n) is 17.5. The molecule has 2 aromatic carbocycles. The highest BCUT2D eigenvalue weighted by Gasteiger charge is 2.24. The van der Waals surface area contributed by atoms with E-state index in [1.54, 1.807) is 30.3 Å². The largest absolute Gasteiger partial charge is 0.453 e. The minimum absolute atomic E-state index is 0.0609. The molecule has 0 aliphatic rings. The molecule has 0 saturated carbocycles. The molecule has 32 heavy (non-hydrogen) atoms. The smallest absolute Gasteiger partial charge is 0.306 e. The number of halogens is 2. The topological polar surface area (TPSA) is 99.5 Å². The van der Waals surface area contributed by atoms with Crippen molar-refractivity contribution < 1.29 is 27.9 Å². The molecule has 1 N–H and O–H groups in total. The van der Waals surface area contributed by atoms with Crippen molar-refractivity contribution in [2.24, 2.45) is 0 Å². The molecule has 0 spiro atoms. The number of amides is 2. The molecule has 1 unspecified atom stereocenters. The second kappa shape index (κ2) is 12.2. The van der Waals surface area contributed by atoms with Crippen LogP contribution in [0.3, 0.4) is 0 Å². The van der Waals surface area contributed by atoms with E-state index < -0.39 is 35.5 Å². The summed E-state index contributed by atoms with van der Waals surface area (Å²) in [6.07, 6.45) is -0.821. The number of para-hydroxylation sites is 1. The van der Waals surface area contributed by atoms with Crippen LogP contribution in [-0.2, 0) is 14.3 Å². The zero-order valence-corrected chi connectivity index (χ0v) is 17.5. The number of anilines is 1. The minimum Gasteiger partial charge on any atom is -0.453 e. The maximum Gasteiger partial charge on any atom is 0.306 e. The third kappa shape index (κ3) is 7.16. The van der Waals surface area contributed by atoms with E-state index in [4.69, 9.17) is 10.00 Å². The number of ether oxygens (including phenoxy) is 1. The highest BCUT2D eigenvalue weighted by molar-refractivity contribution is 5.97. The Morgan fingerprint density at radius 2 is 1.88 bits per heavy atom. The third-order valence-corrected chi connectivity index (χ3v) is 4.46. The van der Waals surface area contributed by atoms with E-state index in [2.05, 4.69) is 5.32 Å². The van der Waals surface area contributed by atoms with Crippen LogP contribution in [0, 0.1) is 23.0 Å². The number of nitriles is 1. The molecule has 0 heterocycles. The highest BCUT2D eigenvalue weighted by Crippen LogP contribution is 2.16. The molecule has 2 amide bonds. The van der Waals surface area contributed by atoms with Crippen LogP contribution >= 0.6 is 0 Å². The fraction of sp³-hybridized carbons (Fsp3) is 0.304. The Kier molecular flexibility index (Phi) is 9.29. The normalized spacial score (nSPS) is 11.2. The second-order valence-corrected chi connectivity index (χ2v) is 6.85. The van der Waals surface area contributed by atoms with Gasteiger partial charge in [0.25, 0.3) is 11.8 Å². The number of hydrogen-bond acceptors (Lipinski definition) is 5. The molecule has 0 bridgehead atoms. The number of esters is 1. The molecule has 168 valence electrons. The van der Waals surface area contributed by atoms with Crippen LogP contribution in [0.5, 0.6) is 0 Å². The first-order valence-electron chi connectivity index (χ1n) is 9.99. The Hall–Kier alpha value is -3.80. The number of carbonyl (C=O) groups is 3. The van der Waals surface area contributed by atoms with Crippen LogP contribution in [-0.4, -0.2) is 37.0 Å². The van der Waals surface area contributed by atoms with E-state index in [0.29, 0.717) is 11.8 Å². The standard InChI is InChI=1S/C23H23F2N3O4/c1-16(23(31)28(14-6-12-26)18-7-3-2-4-8-18)32-21(29)9-5-13-27-22(30)19-11-10-17(24)15-20(19)25/h2-4,7-8,10-11,15-16H,5-6,9,13-14H2,1H3,(H,27,30). The molecule has 2 aromatic rings. The lowest BCUT2D eigenvalue weighted by Gasteiger charge is -2.25. The van der Waals surface area contributed by atoms with E-state index in [1.807, 2.05) is 6.07 Å². The third-order valence-electron chi connectivity index (χ3n) is 4.46. The average molecular weight is 443 g/mol. The molecule has 7 nitrogen and oxygen atoms in total. The first kappa shape index (κ1) is 24.5. The molecule has 0 aromatic heterocycles. The van der Waals surface area contributed by atoms with Gasteiger partial charge in [0.15, 0.2) is 6.10 Å². The van der Waals surface area contributed by atoms with Crippen LogP contribution in [0.15, 0.2) is 48.5 Å². The van der Waals surface area contributed by atoms with Crippen LogP contribution in [0.1, 0.15) is 36.5 Å². The Bertz CT molecular complexity index is 992. The van der Waals surface area contributed by atoms with Gasteiger partial charge in [-0.2, -0.15) is 5.26 Å². The van der Waals surface area contributed by atoms with Crippen LogP contribution in [0.4, 0.5) is 14.5 Å². The number of hydrogen-bond donors (Lipinski definition) is 1. The monoisotopic (exact) mass is 443 g/mol. The first-order chi connectivity index (χ1) is 15.3. The van der Waals surface area contributed by atoms with Gasteiger partial charge in [-0.3, -0.25) is 14.4 Å². The van der Waals surface area contributed by atoms with Crippen LogP contribution < -0.4 is 10.2 Å². The Balaban J connectivity index is 1.81. The Morgan fingerprint density at radius 3 is 2.53 bits per heavy atom. The van der Waals surface area contributed by atoms with E-state index in [-0.39, 0.29) is 37.9 Å². The van der Waals surface area contributed by atoms with Crippen LogP contribution in [0.2, 0.25) is 0 Å². The van der Waals surface area contributed by atoms with Crippen molar-refractivity contribution in [2.45, 2.75) is 32.3 Å². The SMILES string of the molecule is CC(OC(=O)CCCNC(=O)c1ccc(F)cc1F)C(=O)N(CCC#N)c1ccccc1. The minimum atomic E-state index is -1.07. The van der Waals surface area contributed by atoms with Gasteiger partial charge in [0.05, 0.1) is 18.1 Å². The van der Waals surface area contributed by atoms with Gasteiger partial charge < -0.3 is 15.0 Å². The molecule has 0 saturated heterocycles. The summed E-state index contributed by atoms with van der Waals surface area (Å²) in [4.78, 5) is 38.1. The predicted molar refractivity (Wildman–Crippen MR) is 113 cm³/mol. The molecule has 1 atom stereocenters. The summed E-state index contributed by atoms with van der Waals surface area (Å²) in [6.45, 7) is 1.67. The van der Waals surface area contributed by atoms with Gasteiger partial charge >= 0.3 is 5.97 Å². The molecular formula is C23H23F2N3O4. The van der Waals surface area contributed by atoms with Gasteiger partial charge in [-0.25, -0.2) is 8.78 Å². The van der Waals surface area contributed by atoms with Crippen molar-refractivity contribution in [3.8, 4) is 6.07 Å². The van der Waals surface area contributed by atoms with E-state index in [9.17, 15) is 23.2 Å². The number of nitrogens with zero attached hydrogens (tertiary/aromatic N) is 2. The van der Waals surface area contributed by atoms with Gasteiger partial charge in [-0.15, -0.1) is 0 Å². The first-order valence-corrected chi connectivity index (χ1v) is 9.99. The van der Waals surface area contributed by atoms with E-state index >= 15 is 0 Å². The lowest BCUT2D eigenvalue weighted by atomic mass is 10.2. The molecule has 2 rings (SSSR count). The van der Waals surface area contributed by atoms with Crippen molar-refractivity contribution in [3.63, 3.8) is 0 Å².